The average molecular weight is 985 g/mol. The number of ether oxygens (including phenoxy) is 9. The second-order valence-corrected chi connectivity index (χ2v) is 17.4. The molecule has 15 atom stereocenters. The minimum Gasteiger partial charge on any atom is -0.453 e. The average Bonchev–Trinajstić information content (AvgIpc) is 4.00. The second kappa shape index (κ2) is 26.1. The summed E-state index contributed by atoms with van der Waals surface area (Å²) in [5.41, 5.74) is -1.08. The highest BCUT2D eigenvalue weighted by Gasteiger charge is 2.51. The molecular formula is C45H72N6O18. The lowest BCUT2D eigenvalue weighted by molar-refractivity contribution is -0.111. The molecule has 3 aromatic rings. The van der Waals surface area contributed by atoms with Crippen LogP contribution in [0.4, 0.5) is 0 Å². The molecule has 0 radical (unpaired) electrons. The standard InChI is InChI=1S/2C15H24N2O6.C11H14N2O4.C4H10O2/c2*1-5-10-11(18)12(22-9(3)7-21-4)14(23-10)17-6-8(2)13(19)16-15(17)20;1-3-6-7(14)8-10(16-6)13-4-5(2)9(15)12-11(13)17-8;1-4(5)3-6-2/h2*6,9-12,14,18H,5,7H2,1-4H3,(H,16,19,20);4,6-8,10,14H,3H2,1-2H3;4-5H,3H2,1-2H3/t9-,10+,11?,12-,14+;9-,10-,11?,12+,14-;6-,7?,8-,10-;/m011./s1. The Kier molecular flexibility index (Phi) is 21.6. The first-order valence-corrected chi connectivity index (χ1v) is 23.0. The third-order valence-electron chi connectivity index (χ3n) is 11.6. The van der Waals surface area contributed by atoms with Crippen LogP contribution in [0.2, 0.25) is 0 Å². The molecule has 3 aromatic heterocycles. The summed E-state index contributed by atoms with van der Waals surface area (Å²) in [7, 11) is 4.68. The Labute approximate surface area is 399 Å². The maximum absolute atomic E-state index is 12.1. The Bertz CT molecular complexity index is 2270. The van der Waals surface area contributed by atoms with E-state index in [4.69, 9.17) is 43.0 Å². The van der Waals surface area contributed by atoms with Gasteiger partial charge in [0.2, 0.25) is 0 Å². The number of nitrogens with one attached hydrogen (secondary N) is 2. The number of hydrogen-bond donors (Lipinski definition) is 6. The van der Waals surface area contributed by atoms with Gasteiger partial charge >= 0.3 is 17.4 Å². The van der Waals surface area contributed by atoms with Crippen molar-refractivity contribution in [3.8, 4) is 6.01 Å². The van der Waals surface area contributed by atoms with E-state index in [1.165, 1.54) is 21.5 Å². The van der Waals surface area contributed by atoms with E-state index >= 15 is 0 Å². The summed E-state index contributed by atoms with van der Waals surface area (Å²) >= 11 is 0. The Hall–Kier alpha value is -4.44. The molecule has 0 bridgehead atoms. The van der Waals surface area contributed by atoms with Crippen molar-refractivity contribution in [2.24, 2.45) is 0 Å². The van der Waals surface area contributed by atoms with Crippen LogP contribution >= 0.6 is 0 Å². The molecule has 4 unspecified atom stereocenters. The summed E-state index contributed by atoms with van der Waals surface area (Å²) in [4.78, 5) is 67.0. The van der Waals surface area contributed by atoms with Gasteiger partial charge in [0.15, 0.2) is 24.8 Å². The second-order valence-electron chi connectivity index (χ2n) is 17.4. The number of rotatable bonds is 15. The Balaban J connectivity index is 0.000000214. The van der Waals surface area contributed by atoms with Crippen molar-refractivity contribution in [3.63, 3.8) is 0 Å². The van der Waals surface area contributed by atoms with Crippen LogP contribution in [0.3, 0.4) is 0 Å². The van der Waals surface area contributed by atoms with Crippen LogP contribution in [0.25, 0.3) is 0 Å². The third kappa shape index (κ3) is 14.1. The molecule has 0 spiro atoms. The number of aliphatic hydroxyl groups is 4. The van der Waals surface area contributed by atoms with E-state index < -0.39 is 83.8 Å². The van der Waals surface area contributed by atoms with Gasteiger partial charge in [-0.15, -0.1) is 0 Å². The quantitative estimate of drug-likeness (QED) is 0.115. The van der Waals surface area contributed by atoms with Crippen molar-refractivity contribution in [1.82, 2.24) is 28.7 Å². The van der Waals surface area contributed by atoms with Crippen LogP contribution < -0.4 is 32.8 Å². The van der Waals surface area contributed by atoms with Gasteiger partial charge in [-0.05, 0) is 60.8 Å². The van der Waals surface area contributed by atoms with Gasteiger partial charge in [-0.3, -0.25) is 38.1 Å². The number of aryl methyl sites for hydroxylation is 3. The van der Waals surface area contributed by atoms with Gasteiger partial charge in [0.05, 0.1) is 56.4 Å². The number of hydrogen-bond acceptors (Lipinski definition) is 19. The first-order chi connectivity index (χ1) is 32.7. The molecule has 390 valence electrons. The normalized spacial score (nSPS) is 29.0. The molecule has 0 aliphatic carbocycles. The van der Waals surface area contributed by atoms with Gasteiger partial charge in [0.25, 0.3) is 16.7 Å². The lowest BCUT2D eigenvalue weighted by atomic mass is 10.1. The van der Waals surface area contributed by atoms with Crippen LogP contribution in [0.15, 0.2) is 42.6 Å². The molecule has 3 saturated heterocycles. The highest BCUT2D eigenvalue weighted by atomic mass is 16.6. The van der Waals surface area contributed by atoms with Crippen molar-refractivity contribution >= 4 is 0 Å². The number of methoxy groups -OCH3 is 3. The number of nitrogens with zero attached hydrogens (tertiary/aromatic N) is 4. The van der Waals surface area contributed by atoms with Crippen molar-refractivity contribution in [3.05, 3.63) is 87.3 Å². The summed E-state index contributed by atoms with van der Waals surface area (Å²) < 4.78 is 53.3. The van der Waals surface area contributed by atoms with Crippen molar-refractivity contribution < 1.29 is 63.1 Å². The van der Waals surface area contributed by atoms with Crippen LogP contribution in [0.5, 0.6) is 6.01 Å². The van der Waals surface area contributed by atoms with Gasteiger partial charge in [-0.2, -0.15) is 4.98 Å². The predicted molar refractivity (Wildman–Crippen MR) is 246 cm³/mol. The van der Waals surface area contributed by atoms with Gasteiger partial charge in [-0.25, -0.2) is 9.59 Å². The molecular weight excluding hydrogens is 913 g/mol. The summed E-state index contributed by atoms with van der Waals surface area (Å²) in [5, 5.41) is 39.3. The molecule has 0 amide bonds. The molecule has 7 rings (SSSR count). The van der Waals surface area contributed by atoms with Crippen LogP contribution in [0, 0.1) is 20.8 Å². The van der Waals surface area contributed by atoms with E-state index in [-0.39, 0.29) is 42.2 Å². The number of aliphatic hydroxyl groups excluding tert-OH is 4. The maximum Gasteiger partial charge on any atom is 0.330 e. The van der Waals surface area contributed by atoms with E-state index in [1.807, 2.05) is 34.6 Å². The van der Waals surface area contributed by atoms with Crippen molar-refractivity contribution in [2.75, 3.05) is 41.2 Å². The number of aromatic amines is 2. The maximum atomic E-state index is 12.1. The van der Waals surface area contributed by atoms with Crippen molar-refractivity contribution in [1.29, 1.82) is 0 Å². The van der Waals surface area contributed by atoms with E-state index in [0.717, 1.165) is 6.42 Å². The van der Waals surface area contributed by atoms with Gasteiger partial charge in [-0.1, -0.05) is 20.8 Å². The van der Waals surface area contributed by atoms with Gasteiger partial charge in [0.1, 0.15) is 30.5 Å². The molecule has 4 aliphatic heterocycles. The fourth-order valence-electron chi connectivity index (χ4n) is 8.08. The fourth-order valence-corrected chi connectivity index (χ4v) is 8.08. The Morgan fingerprint density at radius 2 is 1.00 bits per heavy atom. The summed E-state index contributed by atoms with van der Waals surface area (Å²) in [6, 6.07) is 0.226. The molecule has 24 heteroatoms. The number of aromatic nitrogens is 6. The molecule has 7 heterocycles. The molecule has 24 nitrogen and oxygen atoms in total. The van der Waals surface area contributed by atoms with Crippen molar-refractivity contribution in [2.45, 2.75) is 174 Å². The summed E-state index contributed by atoms with van der Waals surface area (Å²) in [5.74, 6) is 0. The molecule has 0 aromatic carbocycles. The third-order valence-corrected chi connectivity index (χ3v) is 11.6. The monoisotopic (exact) mass is 984 g/mol. The van der Waals surface area contributed by atoms with Gasteiger partial charge in [0, 0.05) is 56.6 Å². The number of H-pyrrole nitrogens is 2. The summed E-state index contributed by atoms with van der Waals surface area (Å²) in [6.45, 7) is 17.0. The zero-order chi connectivity index (χ0) is 51.4. The molecule has 3 fully saturated rings. The lowest BCUT2D eigenvalue weighted by Crippen LogP contribution is -2.41. The Morgan fingerprint density at radius 3 is 1.38 bits per heavy atom. The van der Waals surface area contributed by atoms with Gasteiger partial charge < -0.3 is 63.1 Å². The predicted octanol–water partition coefficient (Wildman–Crippen LogP) is -0.139. The van der Waals surface area contributed by atoms with Crippen LogP contribution in [-0.2, 0) is 37.9 Å². The largest absolute Gasteiger partial charge is 0.453 e. The first-order valence-electron chi connectivity index (χ1n) is 23.0. The molecule has 6 N–H and O–H groups in total. The van der Waals surface area contributed by atoms with E-state index in [1.54, 1.807) is 59.8 Å². The highest BCUT2D eigenvalue weighted by Crippen LogP contribution is 2.40. The van der Waals surface area contributed by atoms with E-state index in [0.29, 0.717) is 49.4 Å². The minimum absolute atomic E-state index is 0.224. The molecule has 0 saturated carbocycles. The highest BCUT2D eigenvalue weighted by molar-refractivity contribution is 5.15. The lowest BCUT2D eigenvalue weighted by Gasteiger charge is -2.25. The SMILES string of the molecule is CC[C@H]1O[C@@H](n2cc(C)c(=O)[nH]c2=O)[C@@H](O[C@@H](C)COC)C1O.CC[C@H]1O[C@@H](n2cc(C)c(=O)[nH]c2=O)[C@@H](O[C@H](C)COC)C1O.CC[C@H]1O[C@@H]2[C@H](Oc3nc(=O)c(C)cn32)C1O.COCC(C)O. The zero-order valence-electron chi connectivity index (χ0n) is 41.4. The zero-order valence-corrected chi connectivity index (χ0v) is 41.4. The fraction of sp³-hybridized carbons (Fsp3) is 0.733. The number of fused-ring (bicyclic) bond motifs is 3. The smallest absolute Gasteiger partial charge is 0.330 e. The van der Waals surface area contributed by atoms with E-state index in [9.17, 15) is 39.3 Å². The van der Waals surface area contributed by atoms with Crippen LogP contribution in [0.1, 0.15) is 96.2 Å². The van der Waals surface area contributed by atoms with Crippen LogP contribution in [-0.4, -0.2) is 163 Å². The van der Waals surface area contributed by atoms with E-state index in [2.05, 4.69) is 19.7 Å². The topological polar surface area (TPSA) is 309 Å². The minimum atomic E-state index is -0.872. The molecule has 4 aliphatic rings. The molecule has 69 heavy (non-hydrogen) atoms. The first kappa shape index (κ1) is 57.1. The summed E-state index contributed by atoms with van der Waals surface area (Å²) in [6.07, 6.45) is -1.94. The Morgan fingerprint density at radius 1 is 0.609 bits per heavy atom.